The third-order valence-electron chi connectivity index (χ3n) is 5.38. The van der Waals surface area contributed by atoms with Gasteiger partial charge < -0.3 is 9.64 Å². The number of fused-ring (bicyclic) bond motifs is 2. The van der Waals surface area contributed by atoms with Crippen molar-refractivity contribution in [1.82, 2.24) is 14.9 Å². The van der Waals surface area contributed by atoms with Crippen molar-refractivity contribution in [3.8, 4) is 5.75 Å². The average molecular weight is 370 g/mol. The average Bonchev–Trinajstić information content (AvgIpc) is 3.26. The molecule has 3 aliphatic heterocycles. The minimum absolute atomic E-state index is 0.575. The minimum Gasteiger partial charge on any atom is -0.493 e. The molecule has 1 aromatic heterocycles. The standard InChI is InChI=1S/C19H22N4O2S/c24-26-12-16-10-20-19(21-17(16)13-26)23-6-4-22(5-7-23)11-14-1-2-15-3-8-25-18(15)9-14/h1-2,9-10H,3-8,11-13H2. The number of anilines is 1. The lowest BCUT2D eigenvalue weighted by molar-refractivity contribution is 0.248. The Labute approximate surface area is 155 Å². The first-order chi connectivity index (χ1) is 12.7. The van der Waals surface area contributed by atoms with Gasteiger partial charge in [-0.3, -0.25) is 9.11 Å². The summed E-state index contributed by atoms with van der Waals surface area (Å²) in [7, 11) is -0.801. The van der Waals surface area contributed by atoms with E-state index in [2.05, 4.69) is 38.0 Å². The highest BCUT2D eigenvalue weighted by molar-refractivity contribution is 7.83. The van der Waals surface area contributed by atoms with Crippen LogP contribution >= 0.6 is 0 Å². The number of hydrogen-bond acceptors (Lipinski definition) is 6. The molecule has 0 radical (unpaired) electrons. The van der Waals surface area contributed by atoms with Crippen LogP contribution < -0.4 is 9.64 Å². The van der Waals surface area contributed by atoms with Crippen LogP contribution in [0, 0.1) is 0 Å². The molecule has 136 valence electrons. The van der Waals surface area contributed by atoms with E-state index in [9.17, 15) is 4.21 Å². The number of aromatic nitrogens is 2. The molecule has 26 heavy (non-hydrogen) atoms. The summed E-state index contributed by atoms with van der Waals surface area (Å²) in [6, 6.07) is 6.62. The zero-order chi connectivity index (χ0) is 17.5. The third-order valence-corrected chi connectivity index (χ3v) is 6.61. The van der Waals surface area contributed by atoms with Crippen molar-refractivity contribution >= 4 is 16.7 Å². The van der Waals surface area contributed by atoms with Crippen molar-refractivity contribution < 1.29 is 8.95 Å². The lowest BCUT2D eigenvalue weighted by Crippen LogP contribution is -2.46. The van der Waals surface area contributed by atoms with Crippen molar-refractivity contribution in [3.05, 3.63) is 46.8 Å². The number of nitrogens with zero attached hydrogens (tertiary/aromatic N) is 4. The van der Waals surface area contributed by atoms with Crippen LogP contribution in [0.15, 0.2) is 24.4 Å². The van der Waals surface area contributed by atoms with Gasteiger partial charge in [-0.15, -0.1) is 0 Å². The fourth-order valence-electron chi connectivity index (χ4n) is 3.88. The highest BCUT2D eigenvalue weighted by Crippen LogP contribution is 2.27. The molecule has 5 rings (SSSR count). The van der Waals surface area contributed by atoms with E-state index >= 15 is 0 Å². The second-order valence-electron chi connectivity index (χ2n) is 7.17. The summed E-state index contributed by atoms with van der Waals surface area (Å²) in [5.41, 5.74) is 4.65. The Balaban J connectivity index is 1.21. The molecule has 4 heterocycles. The van der Waals surface area contributed by atoms with E-state index < -0.39 is 10.8 Å². The topological polar surface area (TPSA) is 58.6 Å². The van der Waals surface area contributed by atoms with Gasteiger partial charge in [-0.05, 0) is 17.2 Å². The van der Waals surface area contributed by atoms with Crippen LogP contribution in [0.4, 0.5) is 5.95 Å². The van der Waals surface area contributed by atoms with Crippen LogP contribution in [0.2, 0.25) is 0 Å². The van der Waals surface area contributed by atoms with Crippen LogP contribution in [0.3, 0.4) is 0 Å². The summed E-state index contributed by atoms with van der Waals surface area (Å²) in [4.78, 5) is 13.9. The molecule has 2 aromatic rings. The summed E-state index contributed by atoms with van der Waals surface area (Å²) < 4.78 is 17.4. The van der Waals surface area contributed by atoms with Crippen LogP contribution in [-0.2, 0) is 35.3 Å². The monoisotopic (exact) mass is 370 g/mol. The molecule has 0 saturated carbocycles. The molecule has 0 N–H and O–H groups in total. The molecule has 0 bridgehead atoms. The molecule has 6 nitrogen and oxygen atoms in total. The van der Waals surface area contributed by atoms with Gasteiger partial charge in [-0.25, -0.2) is 9.97 Å². The van der Waals surface area contributed by atoms with Gasteiger partial charge in [0.15, 0.2) is 0 Å². The maximum atomic E-state index is 11.7. The quantitative estimate of drug-likeness (QED) is 0.816. The molecule has 1 unspecified atom stereocenters. The van der Waals surface area contributed by atoms with E-state index in [4.69, 9.17) is 4.74 Å². The summed E-state index contributed by atoms with van der Waals surface area (Å²) in [6.45, 7) is 5.58. The molecule has 7 heteroatoms. The van der Waals surface area contributed by atoms with Gasteiger partial charge in [-0.1, -0.05) is 12.1 Å². The van der Waals surface area contributed by atoms with Gasteiger partial charge in [-0.2, -0.15) is 0 Å². The van der Waals surface area contributed by atoms with E-state index in [0.717, 1.165) is 68.7 Å². The van der Waals surface area contributed by atoms with E-state index in [1.807, 2.05) is 6.20 Å². The molecule has 1 fully saturated rings. The molecule has 0 aliphatic carbocycles. The van der Waals surface area contributed by atoms with Gasteiger partial charge >= 0.3 is 0 Å². The SMILES string of the molecule is O=S1Cc2cnc(N3CCN(Cc4ccc5c(c4)OCC5)CC3)nc2C1. The number of ether oxygens (including phenoxy) is 1. The van der Waals surface area contributed by atoms with Crippen molar-refractivity contribution in [1.29, 1.82) is 0 Å². The van der Waals surface area contributed by atoms with E-state index in [-0.39, 0.29) is 0 Å². The summed E-state index contributed by atoms with van der Waals surface area (Å²) in [5.74, 6) is 3.03. The molecule has 1 saturated heterocycles. The molecule has 3 aliphatic rings. The molecule has 0 spiro atoms. The molecule has 0 amide bonds. The first-order valence-corrected chi connectivity index (χ1v) is 10.6. The minimum atomic E-state index is -0.801. The maximum Gasteiger partial charge on any atom is 0.225 e. The zero-order valence-corrected chi connectivity index (χ0v) is 15.5. The van der Waals surface area contributed by atoms with Crippen LogP contribution in [0.1, 0.15) is 22.4 Å². The van der Waals surface area contributed by atoms with Crippen LogP contribution in [0.5, 0.6) is 5.75 Å². The first kappa shape index (κ1) is 16.2. The number of piperazine rings is 1. The first-order valence-electron chi connectivity index (χ1n) is 9.16. The molecule has 1 atom stereocenters. The largest absolute Gasteiger partial charge is 0.493 e. The lowest BCUT2D eigenvalue weighted by Gasteiger charge is -2.34. The summed E-state index contributed by atoms with van der Waals surface area (Å²) >= 11 is 0. The smallest absolute Gasteiger partial charge is 0.225 e. The Morgan fingerprint density at radius 3 is 2.88 bits per heavy atom. The normalized spacial score (nSPS) is 22.2. The van der Waals surface area contributed by atoms with Gasteiger partial charge in [0.1, 0.15) is 5.75 Å². The van der Waals surface area contributed by atoms with Crippen LogP contribution in [0.25, 0.3) is 0 Å². The second-order valence-corrected chi connectivity index (χ2v) is 8.63. The zero-order valence-electron chi connectivity index (χ0n) is 14.7. The highest BCUT2D eigenvalue weighted by Gasteiger charge is 2.24. The van der Waals surface area contributed by atoms with Crippen molar-refractivity contribution in [2.24, 2.45) is 0 Å². The Bertz CT molecular complexity index is 865. The fourth-order valence-corrected chi connectivity index (χ4v) is 5.12. The Kier molecular flexibility index (Phi) is 4.13. The third kappa shape index (κ3) is 3.10. The van der Waals surface area contributed by atoms with E-state index in [1.165, 1.54) is 11.1 Å². The fraction of sp³-hybridized carbons (Fsp3) is 0.474. The predicted octanol–water partition coefficient (Wildman–Crippen LogP) is 1.50. The van der Waals surface area contributed by atoms with Gasteiger partial charge in [0.2, 0.25) is 5.95 Å². The van der Waals surface area contributed by atoms with E-state index in [1.54, 1.807) is 0 Å². The maximum absolute atomic E-state index is 11.7. The summed E-state index contributed by atoms with van der Waals surface area (Å²) in [6.07, 6.45) is 2.89. The highest BCUT2D eigenvalue weighted by atomic mass is 32.2. The number of benzene rings is 1. The molecular weight excluding hydrogens is 348 g/mol. The number of rotatable bonds is 3. The lowest BCUT2D eigenvalue weighted by atomic mass is 10.1. The molecular formula is C19H22N4O2S. The molecule has 1 aromatic carbocycles. The number of hydrogen-bond donors (Lipinski definition) is 0. The Morgan fingerprint density at radius 2 is 2.00 bits per heavy atom. The predicted molar refractivity (Wildman–Crippen MR) is 101 cm³/mol. The van der Waals surface area contributed by atoms with Crippen molar-refractivity contribution in [3.63, 3.8) is 0 Å². The van der Waals surface area contributed by atoms with Gasteiger partial charge in [0.05, 0.1) is 23.8 Å². The van der Waals surface area contributed by atoms with Crippen molar-refractivity contribution in [2.75, 3.05) is 37.7 Å². The van der Waals surface area contributed by atoms with Gasteiger partial charge in [0, 0.05) is 61.7 Å². The van der Waals surface area contributed by atoms with Crippen LogP contribution in [-0.4, -0.2) is 51.9 Å². The van der Waals surface area contributed by atoms with E-state index in [0.29, 0.717) is 11.5 Å². The van der Waals surface area contributed by atoms with Gasteiger partial charge in [0.25, 0.3) is 0 Å². The Hall–Kier alpha value is -1.99. The summed E-state index contributed by atoms with van der Waals surface area (Å²) in [5, 5.41) is 0. The Morgan fingerprint density at radius 1 is 1.12 bits per heavy atom. The van der Waals surface area contributed by atoms with Crippen molar-refractivity contribution in [2.45, 2.75) is 24.5 Å². The second kappa shape index (κ2) is 6.63.